The van der Waals surface area contributed by atoms with Crippen molar-refractivity contribution in [3.63, 3.8) is 0 Å². The molecule has 5 rings (SSSR count). The normalized spacial score (nSPS) is 18.9. The quantitative estimate of drug-likeness (QED) is 0.347. The number of rotatable bonds is 9. The van der Waals surface area contributed by atoms with Crippen LogP contribution >= 0.6 is 11.6 Å². The summed E-state index contributed by atoms with van der Waals surface area (Å²) in [7, 11) is 3.39. The molecule has 3 heterocycles. The first-order valence-corrected chi connectivity index (χ1v) is 13.5. The van der Waals surface area contributed by atoms with Crippen LogP contribution in [0, 0.1) is 0 Å². The molecule has 0 bridgehead atoms. The number of hydrogen-bond donors (Lipinski definition) is 0. The number of piperidine rings is 1. The van der Waals surface area contributed by atoms with Gasteiger partial charge in [-0.15, -0.1) is 0 Å². The largest absolute Gasteiger partial charge is 0.493 e. The van der Waals surface area contributed by atoms with E-state index in [-0.39, 0.29) is 12.3 Å². The minimum atomic E-state index is -0.313. The fourth-order valence-corrected chi connectivity index (χ4v) is 5.86. The molecule has 3 aromatic rings. The Hall–Kier alpha value is -2.58. The highest BCUT2D eigenvalue weighted by molar-refractivity contribution is 6.30. The summed E-state index contributed by atoms with van der Waals surface area (Å²) in [5, 5.41) is 0.529. The van der Waals surface area contributed by atoms with Crippen molar-refractivity contribution in [3.05, 3.63) is 64.4 Å². The van der Waals surface area contributed by atoms with E-state index in [2.05, 4.69) is 46.7 Å². The summed E-state index contributed by atoms with van der Waals surface area (Å²) in [6.45, 7) is 5.54. The molecule has 1 aromatic heterocycles. The highest BCUT2D eigenvalue weighted by atomic mass is 35.5. The average molecular weight is 526 g/mol. The molecule has 1 unspecified atom stereocenters. The molecule has 0 aliphatic carbocycles. The van der Waals surface area contributed by atoms with Gasteiger partial charge in [0.05, 0.1) is 39.7 Å². The van der Waals surface area contributed by atoms with Gasteiger partial charge in [0.25, 0.3) is 0 Å². The van der Waals surface area contributed by atoms with Gasteiger partial charge in [-0.05, 0) is 37.4 Å². The van der Waals surface area contributed by atoms with Crippen molar-refractivity contribution in [1.29, 1.82) is 0 Å². The Morgan fingerprint density at radius 1 is 1.03 bits per heavy atom. The number of aryl methyl sites for hydroxylation is 1. The molecule has 0 amide bonds. The molecule has 0 radical (unpaired) electrons. The minimum Gasteiger partial charge on any atom is -0.493 e. The summed E-state index contributed by atoms with van der Waals surface area (Å²) in [6.07, 6.45) is 3.93. The standard InChI is InChI=1S/C29H36ClN3O4/c1-4-20-10-5-6-11-21(20)29-31-28(30)24(33(29)19-26-36-16-17-37-26)18-32-15-8-7-13-23(32)22-12-9-14-25(34-2)27(22)35-3/h5-6,9-12,14,23,26H,4,7-8,13,15-19H2,1-3H3. The first-order chi connectivity index (χ1) is 18.1. The zero-order chi connectivity index (χ0) is 25.8. The molecule has 37 heavy (non-hydrogen) atoms. The number of nitrogens with zero attached hydrogens (tertiary/aromatic N) is 3. The van der Waals surface area contributed by atoms with E-state index in [4.69, 9.17) is 35.5 Å². The van der Waals surface area contributed by atoms with Gasteiger partial charge >= 0.3 is 0 Å². The minimum absolute atomic E-state index is 0.184. The van der Waals surface area contributed by atoms with Crippen LogP contribution in [-0.2, 0) is 29.0 Å². The summed E-state index contributed by atoms with van der Waals surface area (Å²) in [5.74, 6) is 2.42. The Bertz CT molecular complexity index is 1210. The molecular formula is C29H36ClN3O4. The van der Waals surface area contributed by atoms with Crippen LogP contribution < -0.4 is 9.47 Å². The Balaban J connectivity index is 1.54. The molecule has 198 valence electrons. The van der Waals surface area contributed by atoms with Crippen LogP contribution in [0.1, 0.15) is 49.0 Å². The van der Waals surface area contributed by atoms with Gasteiger partial charge in [-0.25, -0.2) is 4.98 Å². The van der Waals surface area contributed by atoms with E-state index in [1.54, 1.807) is 14.2 Å². The first-order valence-electron chi connectivity index (χ1n) is 13.2. The van der Waals surface area contributed by atoms with Gasteiger partial charge in [0, 0.05) is 23.7 Å². The number of aromatic nitrogens is 2. The molecule has 2 saturated heterocycles. The molecule has 2 aliphatic heterocycles. The molecular weight excluding hydrogens is 490 g/mol. The maximum absolute atomic E-state index is 6.92. The second-order valence-corrected chi connectivity index (χ2v) is 9.89. The molecule has 0 spiro atoms. The lowest BCUT2D eigenvalue weighted by atomic mass is 9.94. The highest BCUT2D eigenvalue weighted by Crippen LogP contribution is 2.42. The fraction of sp³-hybridized carbons (Fsp3) is 0.483. The first kappa shape index (κ1) is 26.0. The van der Waals surface area contributed by atoms with Crippen molar-refractivity contribution >= 4 is 11.6 Å². The van der Waals surface area contributed by atoms with Crippen molar-refractivity contribution in [2.75, 3.05) is 34.0 Å². The van der Waals surface area contributed by atoms with E-state index in [0.29, 0.717) is 31.5 Å². The van der Waals surface area contributed by atoms with Crippen LogP contribution in [0.5, 0.6) is 11.5 Å². The molecule has 2 aliphatic rings. The number of methoxy groups -OCH3 is 2. The lowest BCUT2D eigenvalue weighted by molar-refractivity contribution is -0.0529. The van der Waals surface area contributed by atoms with Crippen LogP contribution in [0.3, 0.4) is 0 Å². The third kappa shape index (κ3) is 5.36. The molecule has 0 N–H and O–H groups in total. The van der Waals surface area contributed by atoms with Crippen LogP contribution in [0.4, 0.5) is 0 Å². The average Bonchev–Trinajstić information content (AvgIpc) is 3.56. The SMILES string of the molecule is CCc1ccccc1-c1nc(Cl)c(CN2CCCCC2c2cccc(OC)c2OC)n1CC1OCCO1. The summed E-state index contributed by atoms with van der Waals surface area (Å²) in [5.41, 5.74) is 4.46. The second kappa shape index (κ2) is 11.9. The van der Waals surface area contributed by atoms with Crippen LogP contribution in [-0.4, -0.2) is 54.7 Å². The second-order valence-electron chi connectivity index (χ2n) is 9.53. The van der Waals surface area contributed by atoms with Gasteiger partial charge in [0.2, 0.25) is 0 Å². The molecule has 8 heteroatoms. The zero-order valence-corrected chi connectivity index (χ0v) is 22.7. The number of benzene rings is 2. The maximum Gasteiger partial charge on any atom is 0.175 e. The van der Waals surface area contributed by atoms with Gasteiger partial charge in [0.15, 0.2) is 22.9 Å². The van der Waals surface area contributed by atoms with Crippen molar-refractivity contribution < 1.29 is 18.9 Å². The Kier molecular flexibility index (Phi) is 8.35. The van der Waals surface area contributed by atoms with Gasteiger partial charge in [-0.1, -0.05) is 61.3 Å². The maximum atomic E-state index is 6.92. The Labute approximate surface area is 224 Å². The Morgan fingerprint density at radius 2 is 1.84 bits per heavy atom. The van der Waals surface area contributed by atoms with Gasteiger partial charge in [0.1, 0.15) is 5.82 Å². The van der Waals surface area contributed by atoms with Gasteiger partial charge < -0.3 is 23.5 Å². The van der Waals surface area contributed by atoms with E-state index in [1.807, 2.05) is 12.1 Å². The summed E-state index contributed by atoms with van der Waals surface area (Å²) in [4.78, 5) is 7.39. The molecule has 1 atom stereocenters. The lowest BCUT2D eigenvalue weighted by Crippen LogP contribution is -2.34. The Morgan fingerprint density at radius 3 is 2.59 bits per heavy atom. The number of ether oxygens (including phenoxy) is 4. The van der Waals surface area contributed by atoms with E-state index in [1.165, 1.54) is 5.56 Å². The molecule has 2 aromatic carbocycles. The van der Waals surface area contributed by atoms with Crippen molar-refractivity contribution in [2.45, 2.75) is 58.0 Å². The summed E-state index contributed by atoms with van der Waals surface area (Å²) in [6, 6.07) is 14.7. The van der Waals surface area contributed by atoms with E-state index in [0.717, 1.165) is 66.4 Å². The summed E-state index contributed by atoms with van der Waals surface area (Å²) < 4.78 is 25.3. The number of hydrogen-bond acceptors (Lipinski definition) is 6. The third-order valence-corrected chi connectivity index (χ3v) is 7.75. The predicted molar refractivity (Wildman–Crippen MR) is 144 cm³/mol. The van der Waals surface area contributed by atoms with E-state index >= 15 is 0 Å². The highest BCUT2D eigenvalue weighted by Gasteiger charge is 2.31. The van der Waals surface area contributed by atoms with Gasteiger partial charge in [-0.2, -0.15) is 0 Å². The summed E-state index contributed by atoms with van der Waals surface area (Å²) >= 11 is 6.92. The van der Waals surface area contributed by atoms with Crippen LogP contribution in [0.2, 0.25) is 5.15 Å². The third-order valence-electron chi connectivity index (χ3n) is 7.44. The molecule has 2 fully saturated rings. The number of imidazole rings is 1. The number of para-hydroxylation sites is 1. The zero-order valence-electron chi connectivity index (χ0n) is 21.9. The number of likely N-dealkylation sites (tertiary alicyclic amines) is 1. The van der Waals surface area contributed by atoms with Gasteiger partial charge in [-0.3, -0.25) is 4.90 Å². The monoisotopic (exact) mass is 525 g/mol. The van der Waals surface area contributed by atoms with E-state index < -0.39 is 0 Å². The van der Waals surface area contributed by atoms with Crippen LogP contribution in [0.25, 0.3) is 11.4 Å². The van der Waals surface area contributed by atoms with Crippen LogP contribution in [0.15, 0.2) is 42.5 Å². The van der Waals surface area contributed by atoms with Crippen molar-refractivity contribution in [2.24, 2.45) is 0 Å². The lowest BCUT2D eigenvalue weighted by Gasteiger charge is -2.37. The fourth-order valence-electron chi connectivity index (χ4n) is 5.62. The smallest absolute Gasteiger partial charge is 0.175 e. The molecule has 0 saturated carbocycles. The predicted octanol–water partition coefficient (Wildman–Crippen LogP) is 5.88. The topological polar surface area (TPSA) is 58.0 Å². The van der Waals surface area contributed by atoms with E-state index in [9.17, 15) is 0 Å². The van der Waals surface area contributed by atoms with Crippen molar-refractivity contribution in [3.8, 4) is 22.9 Å². The number of halogens is 1. The van der Waals surface area contributed by atoms with Crippen molar-refractivity contribution in [1.82, 2.24) is 14.5 Å². The molecule has 7 nitrogen and oxygen atoms in total.